The molecule has 104 valence electrons. The van der Waals surface area contributed by atoms with E-state index in [9.17, 15) is 9.59 Å². The summed E-state index contributed by atoms with van der Waals surface area (Å²) in [6.45, 7) is 2.86. The lowest BCUT2D eigenvalue weighted by molar-refractivity contribution is -0.114. The highest BCUT2D eigenvalue weighted by atomic mass is 32.1. The lowest BCUT2D eigenvalue weighted by atomic mass is 10.2. The van der Waals surface area contributed by atoms with Gasteiger partial charge in [0.25, 0.3) is 0 Å². The number of hydrogen-bond acceptors (Lipinski definition) is 4. The first-order chi connectivity index (χ1) is 9.40. The van der Waals surface area contributed by atoms with Gasteiger partial charge in [-0.25, -0.2) is 0 Å². The SMILES string of the molecule is CC(=O)Nc1ccc(-c2nn(C(C)=O)c(=S)n2C)cc1. The Balaban J connectivity index is 2.42. The molecule has 1 aromatic heterocycles. The van der Waals surface area contributed by atoms with Gasteiger partial charge in [-0.1, -0.05) is 0 Å². The van der Waals surface area contributed by atoms with E-state index in [-0.39, 0.29) is 11.8 Å². The van der Waals surface area contributed by atoms with Gasteiger partial charge in [0.1, 0.15) is 0 Å². The third-order valence-electron chi connectivity index (χ3n) is 2.74. The van der Waals surface area contributed by atoms with Crippen LogP contribution in [0.4, 0.5) is 5.69 Å². The molecule has 20 heavy (non-hydrogen) atoms. The summed E-state index contributed by atoms with van der Waals surface area (Å²) in [7, 11) is 1.76. The van der Waals surface area contributed by atoms with Crippen LogP contribution in [0.2, 0.25) is 0 Å². The number of nitrogens with zero attached hydrogens (tertiary/aromatic N) is 3. The van der Waals surface area contributed by atoms with Crippen LogP contribution in [0.15, 0.2) is 24.3 Å². The van der Waals surface area contributed by atoms with Gasteiger partial charge >= 0.3 is 0 Å². The highest BCUT2D eigenvalue weighted by Gasteiger charge is 2.12. The molecule has 0 aliphatic rings. The second-order valence-corrected chi connectivity index (χ2v) is 4.72. The Hall–Kier alpha value is -2.28. The summed E-state index contributed by atoms with van der Waals surface area (Å²) in [5, 5.41) is 6.90. The predicted molar refractivity (Wildman–Crippen MR) is 78.1 cm³/mol. The lowest BCUT2D eigenvalue weighted by Gasteiger charge is -2.04. The van der Waals surface area contributed by atoms with E-state index in [2.05, 4.69) is 10.4 Å². The van der Waals surface area contributed by atoms with Crippen molar-refractivity contribution >= 4 is 29.7 Å². The Bertz CT molecular complexity index is 728. The minimum absolute atomic E-state index is 0.128. The number of anilines is 1. The molecule has 1 aromatic carbocycles. The third kappa shape index (κ3) is 2.67. The average Bonchev–Trinajstić information content (AvgIpc) is 2.67. The molecule has 6 nitrogen and oxygen atoms in total. The number of benzene rings is 1. The van der Waals surface area contributed by atoms with E-state index in [1.807, 2.05) is 12.1 Å². The molecule has 0 bridgehead atoms. The van der Waals surface area contributed by atoms with E-state index in [0.29, 0.717) is 16.3 Å². The summed E-state index contributed by atoms with van der Waals surface area (Å²) in [4.78, 5) is 22.4. The molecule has 0 aliphatic carbocycles. The highest BCUT2D eigenvalue weighted by Crippen LogP contribution is 2.20. The zero-order valence-electron chi connectivity index (χ0n) is 11.4. The molecule has 0 radical (unpaired) electrons. The number of rotatable bonds is 2. The van der Waals surface area contributed by atoms with Crippen LogP contribution < -0.4 is 5.32 Å². The number of hydrogen-bond donors (Lipinski definition) is 1. The largest absolute Gasteiger partial charge is 0.326 e. The fourth-order valence-electron chi connectivity index (χ4n) is 1.80. The van der Waals surface area contributed by atoms with Crippen molar-refractivity contribution in [1.82, 2.24) is 14.3 Å². The van der Waals surface area contributed by atoms with Crippen LogP contribution in [0.3, 0.4) is 0 Å². The van der Waals surface area contributed by atoms with Crippen molar-refractivity contribution in [3.8, 4) is 11.4 Å². The molecule has 2 rings (SSSR count). The van der Waals surface area contributed by atoms with E-state index in [0.717, 1.165) is 5.56 Å². The van der Waals surface area contributed by atoms with Crippen LogP contribution in [0.5, 0.6) is 0 Å². The van der Waals surface area contributed by atoms with Gasteiger partial charge in [0, 0.05) is 32.1 Å². The van der Waals surface area contributed by atoms with Gasteiger partial charge in [0.2, 0.25) is 16.6 Å². The number of aromatic nitrogens is 3. The Kier molecular flexibility index (Phi) is 3.80. The predicted octanol–water partition coefficient (Wildman–Crippen LogP) is 2.24. The molecule has 2 aromatic rings. The summed E-state index contributed by atoms with van der Waals surface area (Å²) in [6.07, 6.45) is 0. The maximum atomic E-state index is 11.4. The third-order valence-corrected chi connectivity index (χ3v) is 3.19. The molecule has 0 unspecified atom stereocenters. The molecule has 1 N–H and O–H groups in total. The van der Waals surface area contributed by atoms with Crippen LogP contribution in [-0.4, -0.2) is 26.2 Å². The van der Waals surface area contributed by atoms with Gasteiger partial charge in [-0.05, 0) is 36.5 Å². The van der Waals surface area contributed by atoms with E-state index < -0.39 is 0 Å². The van der Waals surface area contributed by atoms with E-state index in [1.165, 1.54) is 18.5 Å². The maximum absolute atomic E-state index is 11.4. The molecule has 0 aliphatic heterocycles. The Labute approximate surface area is 121 Å². The molecule has 0 saturated carbocycles. The number of carbonyl (C=O) groups is 2. The minimum Gasteiger partial charge on any atom is -0.326 e. The van der Waals surface area contributed by atoms with Gasteiger partial charge in [-0.2, -0.15) is 4.68 Å². The smallest absolute Gasteiger partial charge is 0.246 e. The van der Waals surface area contributed by atoms with Crippen LogP contribution in [-0.2, 0) is 11.8 Å². The van der Waals surface area contributed by atoms with Crippen LogP contribution in [0.25, 0.3) is 11.4 Å². The van der Waals surface area contributed by atoms with Crippen molar-refractivity contribution in [2.45, 2.75) is 13.8 Å². The molecule has 0 spiro atoms. The normalized spacial score (nSPS) is 10.3. The van der Waals surface area contributed by atoms with Gasteiger partial charge < -0.3 is 9.88 Å². The topological polar surface area (TPSA) is 68.9 Å². The van der Waals surface area contributed by atoms with Crippen molar-refractivity contribution in [2.24, 2.45) is 7.05 Å². The minimum atomic E-state index is -0.230. The molecule has 0 atom stereocenters. The molecular weight excluding hydrogens is 276 g/mol. The standard InChI is InChI=1S/C13H14N4O2S/c1-8(18)14-11-6-4-10(5-7-11)12-15-17(9(2)19)13(20)16(12)3/h4-7H,1-3H3,(H,14,18). The molecule has 1 amide bonds. The summed E-state index contributed by atoms with van der Waals surface area (Å²) in [5.41, 5.74) is 1.52. The van der Waals surface area contributed by atoms with E-state index >= 15 is 0 Å². The Morgan fingerprint density at radius 1 is 1.20 bits per heavy atom. The molecule has 0 saturated heterocycles. The van der Waals surface area contributed by atoms with Gasteiger partial charge in [0.15, 0.2) is 5.82 Å². The fourth-order valence-corrected chi connectivity index (χ4v) is 2.06. The van der Waals surface area contributed by atoms with Crippen molar-refractivity contribution in [1.29, 1.82) is 0 Å². The van der Waals surface area contributed by atoms with Crippen molar-refractivity contribution in [2.75, 3.05) is 5.32 Å². The number of amides is 1. The van der Waals surface area contributed by atoms with E-state index in [1.54, 1.807) is 23.7 Å². The van der Waals surface area contributed by atoms with Crippen LogP contribution in [0.1, 0.15) is 18.6 Å². The summed E-state index contributed by atoms with van der Waals surface area (Å²) in [5.74, 6) is 0.239. The van der Waals surface area contributed by atoms with Crippen molar-refractivity contribution in [3.63, 3.8) is 0 Å². The van der Waals surface area contributed by atoms with E-state index in [4.69, 9.17) is 12.2 Å². The average molecular weight is 290 g/mol. The second kappa shape index (κ2) is 5.38. The second-order valence-electron chi connectivity index (χ2n) is 4.35. The summed E-state index contributed by atoms with van der Waals surface area (Å²) < 4.78 is 3.20. The fraction of sp³-hybridized carbons (Fsp3) is 0.231. The quantitative estimate of drug-likeness (QED) is 0.861. The van der Waals surface area contributed by atoms with Crippen LogP contribution in [0, 0.1) is 4.77 Å². The van der Waals surface area contributed by atoms with Crippen LogP contribution >= 0.6 is 12.2 Å². The molecule has 0 fully saturated rings. The zero-order chi connectivity index (χ0) is 14.9. The first-order valence-corrected chi connectivity index (χ1v) is 6.36. The monoisotopic (exact) mass is 290 g/mol. The maximum Gasteiger partial charge on any atom is 0.246 e. The Morgan fingerprint density at radius 3 is 2.25 bits per heavy atom. The summed E-state index contributed by atoms with van der Waals surface area (Å²) >= 11 is 5.16. The van der Waals surface area contributed by atoms with Gasteiger partial charge in [-0.3, -0.25) is 9.59 Å². The van der Waals surface area contributed by atoms with Crippen molar-refractivity contribution < 1.29 is 9.59 Å². The summed E-state index contributed by atoms with van der Waals surface area (Å²) in [6, 6.07) is 7.17. The van der Waals surface area contributed by atoms with Crippen molar-refractivity contribution in [3.05, 3.63) is 29.0 Å². The lowest BCUT2D eigenvalue weighted by Crippen LogP contribution is -2.07. The molecule has 7 heteroatoms. The Morgan fingerprint density at radius 2 is 1.80 bits per heavy atom. The molecule has 1 heterocycles. The number of carbonyl (C=O) groups excluding carboxylic acids is 2. The number of nitrogens with one attached hydrogen (secondary N) is 1. The van der Waals surface area contributed by atoms with Gasteiger partial charge in [0.05, 0.1) is 0 Å². The first kappa shape index (κ1) is 14.1. The zero-order valence-corrected chi connectivity index (χ0v) is 12.2. The first-order valence-electron chi connectivity index (χ1n) is 5.95. The molecular formula is C13H14N4O2S. The highest BCUT2D eigenvalue weighted by molar-refractivity contribution is 7.71. The van der Waals surface area contributed by atoms with Gasteiger partial charge in [-0.15, -0.1) is 5.10 Å².